The number of nitrogens with one attached hydrogen (secondary N) is 2. The summed E-state index contributed by atoms with van der Waals surface area (Å²) >= 11 is 0. The minimum atomic E-state index is -0.244. The molecule has 1 saturated heterocycles. The van der Waals surface area contributed by atoms with Gasteiger partial charge >= 0.3 is 0 Å². The van der Waals surface area contributed by atoms with Gasteiger partial charge in [-0.15, -0.1) is 0 Å². The minimum Gasteiger partial charge on any atom is -0.352 e. The molecule has 1 aromatic carbocycles. The van der Waals surface area contributed by atoms with Crippen molar-refractivity contribution in [2.75, 3.05) is 25.0 Å². The lowest BCUT2D eigenvalue weighted by atomic mass is 9.96. The zero-order valence-electron chi connectivity index (χ0n) is 15.9. The number of rotatable bonds is 6. The summed E-state index contributed by atoms with van der Waals surface area (Å²) in [5.74, 6) is -0.143. The van der Waals surface area contributed by atoms with Gasteiger partial charge in [0.1, 0.15) is 0 Å². The van der Waals surface area contributed by atoms with Gasteiger partial charge in [-0.2, -0.15) is 0 Å². The number of likely N-dealkylation sites (tertiary alicyclic amines) is 1. The quantitative estimate of drug-likeness (QED) is 0.820. The zero-order chi connectivity index (χ0) is 19.1. The number of carbonyl (C=O) groups is 3. The Kier molecular flexibility index (Phi) is 7.18. The molecular weight excluding hydrogens is 330 g/mol. The fraction of sp³-hybridized carbons (Fsp3) is 0.550. The Hall–Kier alpha value is -2.37. The van der Waals surface area contributed by atoms with E-state index in [0.717, 1.165) is 12.8 Å². The number of anilines is 1. The molecule has 142 valence electrons. The summed E-state index contributed by atoms with van der Waals surface area (Å²) in [5, 5.41) is 5.77. The Morgan fingerprint density at radius 3 is 2.65 bits per heavy atom. The second kappa shape index (κ2) is 9.36. The number of hydrogen-bond acceptors (Lipinski definition) is 3. The van der Waals surface area contributed by atoms with Gasteiger partial charge in [0.2, 0.25) is 11.8 Å². The molecule has 0 radical (unpaired) electrons. The van der Waals surface area contributed by atoms with Crippen LogP contribution in [0.25, 0.3) is 0 Å². The number of nitrogens with zero attached hydrogens (tertiary/aromatic N) is 1. The lowest BCUT2D eigenvalue weighted by molar-refractivity contribution is -0.134. The SMILES string of the molecule is CCC(=O)N1CCCC(C(=O)Nc2ccccc2C(=O)NCC(C)C)C1. The second-order valence-corrected chi connectivity index (χ2v) is 7.17. The van der Waals surface area contributed by atoms with Crippen LogP contribution in [0.1, 0.15) is 50.4 Å². The van der Waals surface area contributed by atoms with Gasteiger partial charge in [-0.1, -0.05) is 32.9 Å². The molecule has 0 bridgehead atoms. The topological polar surface area (TPSA) is 78.5 Å². The number of para-hydroxylation sites is 1. The van der Waals surface area contributed by atoms with E-state index in [1.165, 1.54) is 0 Å². The van der Waals surface area contributed by atoms with Crippen molar-refractivity contribution in [1.82, 2.24) is 10.2 Å². The van der Waals surface area contributed by atoms with Crippen LogP contribution in [0.2, 0.25) is 0 Å². The maximum Gasteiger partial charge on any atom is 0.253 e. The van der Waals surface area contributed by atoms with Crippen LogP contribution in [0.3, 0.4) is 0 Å². The molecule has 3 amide bonds. The van der Waals surface area contributed by atoms with Crippen molar-refractivity contribution in [3.63, 3.8) is 0 Å². The summed E-state index contributed by atoms with van der Waals surface area (Å²) < 4.78 is 0. The molecule has 0 aromatic heterocycles. The summed E-state index contributed by atoms with van der Waals surface area (Å²) in [4.78, 5) is 38.7. The molecule has 2 rings (SSSR count). The smallest absolute Gasteiger partial charge is 0.253 e. The van der Waals surface area contributed by atoms with E-state index in [-0.39, 0.29) is 23.6 Å². The minimum absolute atomic E-state index is 0.0796. The Balaban J connectivity index is 2.05. The van der Waals surface area contributed by atoms with Gasteiger partial charge in [0, 0.05) is 26.1 Å². The van der Waals surface area contributed by atoms with E-state index in [2.05, 4.69) is 10.6 Å². The van der Waals surface area contributed by atoms with Crippen LogP contribution in [-0.2, 0) is 9.59 Å². The van der Waals surface area contributed by atoms with Crippen LogP contribution in [-0.4, -0.2) is 42.3 Å². The Morgan fingerprint density at radius 1 is 1.23 bits per heavy atom. The van der Waals surface area contributed by atoms with Crippen LogP contribution in [0.4, 0.5) is 5.69 Å². The summed E-state index contributed by atoms with van der Waals surface area (Å²) in [7, 11) is 0. The number of piperidine rings is 1. The third-order valence-corrected chi connectivity index (χ3v) is 4.55. The first-order valence-corrected chi connectivity index (χ1v) is 9.38. The van der Waals surface area contributed by atoms with Gasteiger partial charge in [-0.05, 0) is 30.9 Å². The van der Waals surface area contributed by atoms with Crippen LogP contribution in [0.5, 0.6) is 0 Å². The van der Waals surface area contributed by atoms with E-state index in [4.69, 9.17) is 0 Å². The first-order chi connectivity index (χ1) is 12.4. The van der Waals surface area contributed by atoms with E-state index in [1.54, 1.807) is 29.2 Å². The average molecular weight is 359 g/mol. The number of benzene rings is 1. The molecule has 1 aliphatic heterocycles. The van der Waals surface area contributed by atoms with E-state index in [0.29, 0.717) is 43.2 Å². The van der Waals surface area contributed by atoms with Crippen LogP contribution < -0.4 is 10.6 Å². The molecule has 2 N–H and O–H groups in total. The molecule has 6 heteroatoms. The highest BCUT2D eigenvalue weighted by atomic mass is 16.2. The second-order valence-electron chi connectivity index (χ2n) is 7.17. The van der Waals surface area contributed by atoms with Crippen molar-refractivity contribution in [3.05, 3.63) is 29.8 Å². The summed E-state index contributed by atoms with van der Waals surface area (Å²) in [5.41, 5.74) is 0.969. The van der Waals surface area contributed by atoms with E-state index in [9.17, 15) is 14.4 Å². The van der Waals surface area contributed by atoms with Crippen LogP contribution in [0.15, 0.2) is 24.3 Å². The Morgan fingerprint density at radius 2 is 1.96 bits per heavy atom. The molecule has 1 heterocycles. The van der Waals surface area contributed by atoms with E-state index in [1.807, 2.05) is 20.8 Å². The van der Waals surface area contributed by atoms with E-state index >= 15 is 0 Å². The predicted octanol–water partition coefficient (Wildman–Crippen LogP) is 2.66. The van der Waals surface area contributed by atoms with Gasteiger partial charge in [-0.3, -0.25) is 14.4 Å². The predicted molar refractivity (Wildman–Crippen MR) is 102 cm³/mol. The van der Waals surface area contributed by atoms with Gasteiger partial charge in [-0.25, -0.2) is 0 Å². The standard InChI is InChI=1S/C20H29N3O3/c1-4-18(24)23-11-7-8-15(13-23)19(25)22-17-10-6-5-9-16(17)20(26)21-12-14(2)3/h5-6,9-10,14-15H,4,7-8,11-13H2,1-3H3,(H,21,26)(H,22,25). The summed E-state index contributed by atoms with van der Waals surface area (Å²) in [6, 6.07) is 7.02. The molecule has 1 unspecified atom stereocenters. The molecule has 6 nitrogen and oxygen atoms in total. The lowest BCUT2D eigenvalue weighted by Gasteiger charge is -2.32. The molecule has 1 aromatic rings. The van der Waals surface area contributed by atoms with Crippen molar-refractivity contribution in [2.24, 2.45) is 11.8 Å². The van der Waals surface area contributed by atoms with Crippen molar-refractivity contribution in [1.29, 1.82) is 0 Å². The van der Waals surface area contributed by atoms with Gasteiger partial charge in [0.05, 0.1) is 17.2 Å². The normalized spacial score (nSPS) is 17.1. The van der Waals surface area contributed by atoms with Crippen LogP contribution in [0, 0.1) is 11.8 Å². The first-order valence-electron chi connectivity index (χ1n) is 9.38. The third-order valence-electron chi connectivity index (χ3n) is 4.55. The first kappa shape index (κ1) is 19.9. The van der Waals surface area contributed by atoms with Crippen molar-refractivity contribution in [2.45, 2.75) is 40.0 Å². The number of hydrogen-bond donors (Lipinski definition) is 2. The summed E-state index contributed by atoms with van der Waals surface area (Å²) in [6.45, 7) is 7.63. The highest BCUT2D eigenvalue weighted by Gasteiger charge is 2.28. The molecule has 0 aliphatic carbocycles. The molecular formula is C20H29N3O3. The maximum absolute atomic E-state index is 12.7. The monoisotopic (exact) mass is 359 g/mol. The van der Waals surface area contributed by atoms with Crippen molar-refractivity contribution >= 4 is 23.4 Å². The zero-order valence-corrected chi connectivity index (χ0v) is 15.9. The third kappa shape index (κ3) is 5.31. The fourth-order valence-electron chi connectivity index (χ4n) is 3.06. The largest absolute Gasteiger partial charge is 0.352 e. The number of carbonyl (C=O) groups excluding carboxylic acids is 3. The fourth-order valence-corrected chi connectivity index (χ4v) is 3.06. The maximum atomic E-state index is 12.7. The van der Waals surface area contributed by atoms with Crippen LogP contribution >= 0.6 is 0 Å². The highest BCUT2D eigenvalue weighted by molar-refractivity contribution is 6.04. The van der Waals surface area contributed by atoms with E-state index < -0.39 is 0 Å². The molecule has 0 saturated carbocycles. The average Bonchev–Trinajstić information content (AvgIpc) is 2.65. The molecule has 1 atom stereocenters. The molecule has 1 aliphatic rings. The lowest BCUT2D eigenvalue weighted by Crippen LogP contribution is -2.43. The number of amides is 3. The molecule has 26 heavy (non-hydrogen) atoms. The van der Waals surface area contributed by atoms with Gasteiger partial charge < -0.3 is 15.5 Å². The van der Waals surface area contributed by atoms with Gasteiger partial charge in [0.15, 0.2) is 0 Å². The summed E-state index contributed by atoms with van der Waals surface area (Å²) in [6.07, 6.45) is 2.02. The Labute approximate surface area is 155 Å². The molecule has 1 fully saturated rings. The van der Waals surface area contributed by atoms with Crippen molar-refractivity contribution in [3.8, 4) is 0 Å². The highest BCUT2D eigenvalue weighted by Crippen LogP contribution is 2.21. The van der Waals surface area contributed by atoms with Gasteiger partial charge in [0.25, 0.3) is 5.91 Å². The van der Waals surface area contributed by atoms with Crippen molar-refractivity contribution < 1.29 is 14.4 Å². The Bertz CT molecular complexity index is 657. The molecule has 0 spiro atoms.